The molecule has 1 amide bonds. The number of morpholine rings is 1. The number of fused-ring (bicyclic) bond motifs is 1. The van der Waals surface area contributed by atoms with E-state index in [-0.39, 0.29) is 11.8 Å². The Kier molecular flexibility index (Phi) is 5.19. The van der Waals surface area contributed by atoms with E-state index in [2.05, 4.69) is 15.2 Å². The van der Waals surface area contributed by atoms with Gasteiger partial charge in [0, 0.05) is 23.9 Å². The normalized spacial score (nSPS) is 17.1. The number of hydrogen-bond acceptors (Lipinski definition) is 7. The molecule has 1 atom stereocenters. The minimum atomic E-state index is -0.415. The Balaban J connectivity index is 1.68. The highest BCUT2D eigenvalue weighted by Gasteiger charge is 2.34. The summed E-state index contributed by atoms with van der Waals surface area (Å²) >= 11 is 0. The van der Waals surface area contributed by atoms with Crippen LogP contribution in [-0.4, -0.2) is 52.9 Å². The van der Waals surface area contributed by atoms with E-state index in [1.54, 1.807) is 12.0 Å². The van der Waals surface area contributed by atoms with E-state index in [0.29, 0.717) is 42.8 Å². The summed E-state index contributed by atoms with van der Waals surface area (Å²) in [7, 11) is 1.62. The highest BCUT2D eigenvalue weighted by atomic mass is 16.5. The molecule has 0 radical (unpaired) electrons. The Morgan fingerprint density at radius 2 is 2.10 bits per heavy atom. The molecule has 1 saturated heterocycles. The summed E-state index contributed by atoms with van der Waals surface area (Å²) in [4.78, 5) is 19.8. The largest absolute Gasteiger partial charge is 0.497 e. The van der Waals surface area contributed by atoms with Crippen LogP contribution in [0.3, 0.4) is 0 Å². The zero-order valence-electron chi connectivity index (χ0n) is 17.0. The fourth-order valence-corrected chi connectivity index (χ4v) is 3.41. The summed E-state index contributed by atoms with van der Waals surface area (Å²) in [6.45, 7) is 7.04. The molecule has 0 saturated carbocycles. The molecule has 0 spiro atoms. The number of carbonyl (C=O) groups excluding carboxylic acids is 1. The van der Waals surface area contributed by atoms with E-state index < -0.39 is 6.04 Å². The van der Waals surface area contributed by atoms with Crippen LogP contribution in [0.4, 0.5) is 0 Å². The highest BCUT2D eigenvalue weighted by Crippen LogP contribution is 2.28. The average Bonchev–Trinajstić information content (AvgIpc) is 3.23. The molecular weight excluding hydrogens is 372 g/mol. The van der Waals surface area contributed by atoms with Crippen molar-refractivity contribution >= 4 is 16.8 Å². The van der Waals surface area contributed by atoms with E-state index in [1.807, 2.05) is 45.0 Å². The molecule has 0 unspecified atom stereocenters. The standard InChI is InChI=1S/C21H24N4O4/c1-12(2)19-23-24-20(29-19)18-11-28-8-7-25(18)21(26)16-9-14-5-6-15(27-4)10-17(14)22-13(16)3/h5-6,9-10,12,18H,7-8,11H2,1-4H3/t18-/m0/s1. The molecule has 8 heteroatoms. The van der Waals surface area contributed by atoms with E-state index in [4.69, 9.17) is 13.9 Å². The maximum atomic E-state index is 13.4. The number of amides is 1. The lowest BCUT2D eigenvalue weighted by atomic mass is 10.1. The highest BCUT2D eigenvalue weighted by molar-refractivity contribution is 5.99. The first-order chi connectivity index (χ1) is 14.0. The van der Waals surface area contributed by atoms with Crippen molar-refractivity contribution in [2.45, 2.75) is 32.7 Å². The summed E-state index contributed by atoms with van der Waals surface area (Å²) in [5.74, 6) is 1.68. The van der Waals surface area contributed by atoms with Crippen LogP contribution < -0.4 is 4.74 Å². The van der Waals surface area contributed by atoms with Gasteiger partial charge in [0.2, 0.25) is 11.8 Å². The third-order valence-electron chi connectivity index (χ3n) is 5.07. The zero-order valence-corrected chi connectivity index (χ0v) is 17.0. The quantitative estimate of drug-likeness (QED) is 0.668. The first kappa shape index (κ1) is 19.3. The Hall–Kier alpha value is -3.00. The molecule has 0 aliphatic carbocycles. The number of benzene rings is 1. The van der Waals surface area contributed by atoms with Crippen molar-refractivity contribution < 1.29 is 18.7 Å². The molecule has 8 nitrogen and oxygen atoms in total. The minimum Gasteiger partial charge on any atom is -0.497 e. The number of aromatic nitrogens is 3. The number of nitrogens with zero attached hydrogens (tertiary/aromatic N) is 4. The van der Waals surface area contributed by atoms with Crippen LogP contribution in [0.2, 0.25) is 0 Å². The summed E-state index contributed by atoms with van der Waals surface area (Å²) in [6.07, 6.45) is 0. The van der Waals surface area contributed by atoms with Crippen molar-refractivity contribution in [3.63, 3.8) is 0 Å². The van der Waals surface area contributed by atoms with Gasteiger partial charge in [-0.05, 0) is 25.1 Å². The maximum absolute atomic E-state index is 13.4. The van der Waals surface area contributed by atoms with E-state index in [9.17, 15) is 4.79 Å². The van der Waals surface area contributed by atoms with Gasteiger partial charge in [0.1, 0.15) is 11.8 Å². The second-order valence-electron chi connectivity index (χ2n) is 7.40. The SMILES string of the molecule is COc1ccc2cc(C(=O)N3CCOC[C@H]3c3nnc(C(C)C)o3)c(C)nc2c1. The lowest BCUT2D eigenvalue weighted by Crippen LogP contribution is -2.43. The van der Waals surface area contributed by atoms with Crippen LogP contribution in [0.15, 0.2) is 28.7 Å². The molecule has 3 aromatic rings. The number of aryl methyl sites for hydroxylation is 1. The van der Waals surface area contributed by atoms with Gasteiger partial charge in [0.05, 0.1) is 37.1 Å². The molecule has 29 heavy (non-hydrogen) atoms. The van der Waals surface area contributed by atoms with E-state index >= 15 is 0 Å². The molecular formula is C21H24N4O4. The smallest absolute Gasteiger partial charge is 0.256 e. The second-order valence-corrected chi connectivity index (χ2v) is 7.40. The third kappa shape index (κ3) is 3.67. The van der Waals surface area contributed by atoms with Crippen molar-refractivity contribution in [2.75, 3.05) is 26.9 Å². The van der Waals surface area contributed by atoms with Crippen LogP contribution in [0, 0.1) is 6.92 Å². The van der Waals surface area contributed by atoms with Crippen molar-refractivity contribution in [1.82, 2.24) is 20.1 Å². The molecule has 2 aromatic heterocycles. The van der Waals surface area contributed by atoms with Crippen LogP contribution in [0.1, 0.15) is 53.6 Å². The second kappa shape index (κ2) is 7.79. The van der Waals surface area contributed by atoms with E-state index in [1.165, 1.54) is 0 Å². The molecule has 1 aliphatic heterocycles. The predicted molar refractivity (Wildman–Crippen MR) is 106 cm³/mol. The van der Waals surface area contributed by atoms with Gasteiger partial charge in [-0.15, -0.1) is 10.2 Å². The summed E-state index contributed by atoms with van der Waals surface area (Å²) < 4.78 is 16.7. The van der Waals surface area contributed by atoms with Crippen LogP contribution in [0.5, 0.6) is 5.75 Å². The Morgan fingerprint density at radius 3 is 2.83 bits per heavy atom. The molecule has 3 heterocycles. The Morgan fingerprint density at radius 1 is 1.28 bits per heavy atom. The third-order valence-corrected chi connectivity index (χ3v) is 5.07. The van der Waals surface area contributed by atoms with Gasteiger partial charge in [-0.3, -0.25) is 9.78 Å². The van der Waals surface area contributed by atoms with Crippen molar-refractivity contribution in [3.8, 4) is 5.75 Å². The number of carbonyl (C=O) groups is 1. The number of methoxy groups -OCH3 is 1. The fourth-order valence-electron chi connectivity index (χ4n) is 3.41. The van der Waals surface area contributed by atoms with Gasteiger partial charge in [0.25, 0.3) is 5.91 Å². The van der Waals surface area contributed by atoms with Gasteiger partial charge in [-0.1, -0.05) is 13.8 Å². The topological polar surface area (TPSA) is 90.6 Å². The first-order valence-electron chi connectivity index (χ1n) is 9.65. The molecule has 0 bridgehead atoms. The number of pyridine rings is 1. The minimum absolute atomic E-state index is 0.119. The zero-order chi connectivity index (χ0) is 20.5. The van der Waals surface area contributed by atoms with Gasteiger partial charge < -0.3 is 18.8 Å². The molecule has 1 fully saturated rings. The Labute approximate surface area is 168 Å². The molecule has 1 aliphatic rings. The Bertz CT molecular complexity index is 1050. The summed E-state index contributed by atoms with van der Waals surface area (Å²) in [6, 6.07) is 7.08. The van der Waals surface area contributed by atoms with Gasteiger partial charge in [-0.25, -0.2) is 0 Å². The fraction of sp³-hybridized carbons (Fsp3) is 0.429. The van der Waals surface area contributed by atoms with Crippen LogP contribution >= 0.6 is 0 Å². The van der Waals surface area contributed by atoms with Crippen LogP contribution in [0.25, 0.3) is 10.9 Å². The van der Waals surface area contributed by atoms with Crippen molar-refractivity contribution in [1.29, 1.82) is 0 Å². The molecule has 4 rings (SSSR count). The first-order valence-corrected chi connectivity index (χ1v) is 9.65. The van der Waals surface area contributed by atoms with Crippen molar-refractivity contribution in [2.24, 2.45) is 0 Å². The summed E-state index contributed by atoms with van der Waals surface area (Å²) in [5.41, 5.74) is 2.00. The number of rotatable bonds is 4. The number of hydrogen-bond donors (Lipinski definition) is 0. The van der Waals surface area contributed by atoms with E-state index in [0.717, 1.165) is 16.7 Å². The van der Waals surface area contributed by atoms with Crippen molar-refractivity contribution in [3.05, 3.63) is 47.3 Å². The van der Waals surface area contributed by atoms with Gasteiger partial charge >= 0.3 is 0 Å². The van der Waals surface area contributed by atoms with Crippen LogP contribution in [-0.2, 0) is 4.74 Å². The monoisotopic (exact) mass is 396 g/mol. The van der Waals surface area contributed by atoms with Gasteiger partial charge in [0.15, 0.2) is 0 Å². The predicted octanol–water partition coefficient (Wildman–Crippen LogP) is 3.27. The number of ether oxygens (including phenoxy) is 2. The summed E-state index contributed by atoms with van der Waals surface area (Å²) in [5, 5.41) is 9.14. The maximum Gasteiger partial charge on any atom is 0.256 e. The molecule has 152 valence electrons. The molecule has 1 aromatic carbocycles. The lowest BCUT2D eigenvalue weighted by Gasteiger charge is -2.33. The average molecular weight is 396 g/mol. The lowest BCUT2D eigenvalue weighted by molar-refractivity contribution is -0.0108. The van der Waals surface area contributed by atoms with Gasteiger partial charge in [-0.2, -0.15) is 0 Å². The molecule has 0 N–H and O–H groups in total.